The number of nitrogens with zero attached hydrogens (tertiary/aromatic N) is 1. The lowest BCUT2D eigenvalue weighted by Crippen LogP contribution is -2.60. The molecule has 266 valence electrons. The minimum absolute atomic E-state index is 0.0480. The van der Waals surface area contributed by atoms with Crippen molar-refractivity contribution in [1.82, 2.24) is 26.2 Å². The zero-order chi connectivity index (χ0) is 36.1. The van der Waals surface area contributed by atoms with Gasteiger partial charge in [0.05, 0.1) is 19.2 Å². The summed E-state index contributed by atoms with van der Waals surface area (Å²) in [6.45, 7) is 3.81. The number of carboxylic acids is 1. The molecule has 1 fully saturated rings. The van der Waals surface area contributed by atoms with E-state index in [0.717, 1.165) is 4.90 Å². The number of nitrogens with two attached hydrogens (primary N) is 2. The summed E-state index contributed by atoms with van der Waals surface area (Å²) in [6.07, 6.45) is 0.390. The van der Waals surface area contributed by atoms with Crippen LogP contribution in [0.1, 0.15) is 52.0 Å². The van der Waals surface area contributed by atoms with Gasteiger partial charge in [-0.25, -0.2) is 4.79 Å². The molecule has 1 saturated heterocycles. The highest BCUT2D eigenvalue weighted by Crippen LogP contribution is 2.25. The second-order valence-electron chi connectivity index (χ2n) is 12.0. The summed E-state index contributed by atoms with van der Waals surface area (Å²) in [5, 5.41) is 38.7. The Bertz CT molecular complexity index is 1320. The number of hydrogen-bond acceptors (Lipinski definition) is 10. The molecule has 0 bridgehead atoms. The molecule has 0 spiro atoms. The van der Waals surface area contributed by atoms with Crippen LogP contribution in [0.15, 0.2) is 24.3 Å². The number of benzene rings is 1. The predicted molar refractivity (Wildman–Crippen MR) is 170 cm³/mol. The van der Waals surface area contributed by atoms with Crippen LogP contribution in [0.5, 0.6) is 5.75 Å². The van der Waals surface area contributed by atoms with Crippen LogP contribution < -0.4 is 32.7 Å². The number of hydrogen-bond donors (Lipinski definition) is 9. The van der Waals surface area contributed by atoms with Gasteiger partial charge in [-0.05, 0) is 48.8 Å². The molecule has 7 atom stereocenters. The smallest absolute Gasteiger partial charge is 0.326 e. The first kappa shape index (κ1) is 39.4. The van der Waals surface area contributed by atoms with Crippen molar-refractivity contribution >= 4 is 41.4 Å². The van der Waals surface area contributed by atoms with Gasteiger partial charge >= 0.3 is 5.97 Å². The van der Waals surface area contributed by atoms with E-state index in [4.69, 9.17) is 11.5 Å². The molecular weight excluding hydrogens is 630 g/mol. The first-order valence-electron chi connectivity index (χ1n) is 15.7. The van der Waals surface area contributed by atoms with E-state index in [9.17, 15) is 48.9 Å². The van der Waals surface area contributed by atoms with E-state index < -0.39 is 90.7 Å². The number of nitrogens with one attached hydrogen (secondary N) is 4. The van der Waals surface area contributed by atoms with Gasteiger partial charge in [0.25, 0.3) is 0 Å². The van der Waals surface area contributed by atoms with E-state index in [0.29, 0.717) is 18.4 Å². The minimum Gasteiger partial charge on any atom is -0.508 e. The van der Waals surface area contributed by atoms with Crippen molar-refractivity contribution in [3.8, 4) is 5.75 Å². The van der Waals surface area contributed by atoms with Gasteiger partial charge in [-0.15, -0.1) is 0 Å². The lowest BCUT2D eigenvalue weighted by atomic mass is 9.97. The number of aliphatic carboxylic acids is 1. The minimum atomic E-state index is -1.48. The molecule has 1 aromatic rings. The van der Waals surface area contributed by atoms with Crippen LogP contribution in [0.25, 0.3) is 0 Å². The Hall–Kier alpha value is -4.77. The number of likely N-dealkylation sites (tertiary alicyclic amines) is 1. The van der Waals surface area contributed by atoms with Crippen LogP contribution in [0.3, 0.4) is 0 Å². The number of aromatic hydroxyl groups is 1. The predicted octanol–water partition coefficient (Wildman–Crippen LogP) is -2.54. The third kappa shape index (κ3) is 11.5. The SMILES string of the molecule is CCC(C)C(NC(=O)C(CCC(N)=O)NC(=O)CNC(=O)C(N)Cc1ccc(O)cc1)C(=O)NC(CO)C(=O)N1CCC(C)C1C(=O)O. The Labute approximate surface area is 278 Å². The third-order valence-electron chi connectivity index (χ3n) is 8.31. The van der Waals surface area contributed by atoms with Crippen LogP contribution in [-0.2, 0) is 40.0 Å². The molecular formula is C31H47N7O10. The van der Waals surface area contributed by atoms with E-state index in [2.05, 4.69) is 21.3 Å². The van der Waals surface area contributed by atoms with Crippen LogP contribution in [0.2, 0.25) is 0 Å². The van der Waals surface area contributed by atoms with Gasteiger partial charge in [-0.3, -0.25) is 28.8 Å². The Morgan fingerprint density at radius 2 is 1.62 bits per heavy atom. The maximum absolute atomic E-state index is 13.4. The van der Waals surface area contributed by atoms with Crippen LogP contribution in [-0.4, -0.2) is 112 Å². The van der Waals surface area contributed by atoms with Crippen molar-refractivity contribution in [3.63, 3.8) is 0 Å². The molecule has 1 aliphatic rings. The number of carboxylic acid groups (broad SMARTS) is 1. The number of carbonyl (C=O) groups excluding carboxylic acids is 6. The van der Waals surface area contributed by atoms with Crippen molar-refractivity contribution in [2.45, 2.75) is 83.1 Å². The number of amides is 6. The van der Waals surface area contributed by atoms with Crippen molar-refractivity contribution in [2.75, 3.05) is 19.7 Å². The Morgan fingerprint density at radius 1 is 0.979 bits per heavy atom. The number of phenolic OH excluding ortho intramolecular Hbond substituents is 1. The zero-order valence-corrected chi connectivity index (χ0v) is 27.3. The number of rotatable bonds is 18. The number of aliphatic hydroxyl groups is 1. The standard InChI is InChI=1S/C31H47N7O10/c1-4-16(2)25(29(45)36-22(15-39)30(46)38-12-11-17(3)26(38)31(47)48)37-28(44)21(9-10-23(33)41)35-24(42)14-34-27(43)20(32)13-18-5-7-19(40)8-6-18/h5-8,16-17,20-22,25-26,39-40H,4,9-15,32H2,1-3H3,(H2,33,41)(H,34,43)(H,35,42)(H,36,45)(H,37,44)(H,47,48). The number of aliphatic hydroxyl groups excluding tert-OH is 1. The van der Waals surface area contributed by atoms with E-state index in [1.165, 1.54) is 12.1 Å². The molecule has 1 aliphatic heterocycles. The molecule has 1 aromatic carbocycles. The highest BCUT2D eigenvalue weighted by atomic mass is 16.4. The Balaban J connectivity index is 2.09. The molecule has 17 heteroatoms. The molecule has 0 aromatic heterocycles. The Kier molecular flexibility index (Phi) is 15.2. The fourth-order valence-corrected chi connectivity index (χ4v) is 5.25. The quantitative estimate of drug-likeness (QED) is 0.0780. The topological polar surface area (TPSA) is 284 Å². The summed E-state index contributed by atoms with van der Waals surface area (Å²) in [5.41, 5.74) is 11.9. The summed E-state index contributed by atoms with van der Waals surface area (Å²) in [5.74, 6) is -6.69. The monoisotopic (exact) mass is 677 g/mol. The van der Waals surface area contributed by atoms with Crippen molar-refractivity contribution in [2.24, 2.45) is 23.3 Å². The van der Waals surface area contributed by atoms with Crippen molar-refractivity contribution in [3.05, 3.63) is 29.8 Å². The molecule has 0 radical (unpaired) electrons. The fourth-order valence-electron chi connectivity index (χ4n) is 5.25. The van der Waals surface area contributed by atoms with Crippen LogP contribution >= 0.6 is 0 Å². The van der Waals surface area contributed by atoms with E-state index >= 15 is 0 Å². The normalized spacial score (nSPS) is 18.8. The maximum Gasteiger partial charge on any atom is 0.326 e. The van der Waals surface area contributed by atoms with Crippen LogP contribution in [0, 0.1) is 11.8 Å². The molecule has 11 N–H and O–H groups in total. The highest BCUT2D eigenvalue weighted by Gasteiger charge is 2.42. The largest absolute Gasteiger partial charge is 0.508 e. The highest BCUT2D eigenvalue weighted by molar-refractivity contribution is 5.96. The van der Waals surface area contributed by atoms with Gasteiger partial charge in [0, 0.05) is 13.0 Å². The second-order valence-corrected chi connectivity index (χ2v) is 12.0. The zero-order valence-electron chi connectivity index (χ0n) is 27.3. The first-order chi connectivity index (χ1) is 22.6. The van der Waals surface area contributed by atoms with Gasteiger partial charge < -0.3 is 53.0 Å². The first-order valence-corrected chi connectivity index (χ1v) is 15.7. The third-order valence-corrected chi connectivity index (χ3v) is 8.31. The van der Waals surface area contributed by atoms with E-state index in [1.54, 1.807) is 32.9 Å². The fraction of sp³-hybridized carbons (Fsp3) is 0.581. The summed E-state index contributed by atoms with van der Waals surface area (Å²) < 4.78 is 0. The van der Waals surface area contributed by atoms with Gasteiger partial charge in [-0.2, -0.15) is 0 Å². The average Bonchev–Trinajstić information content (AvgIpc) is 3.44. The maximum atomic E-state index is 13.4. The lowest BCUT2D eigenvalue weighted by molar-refractivity contribution is -0.151. The van der Waals surface area contributed by atoms with Gasteiger partial charge in [0.2, 0.25) is 35.4 Å². The molecule has 1 heterocycles. The van der Waals surface area contributed by atoms with Gasteiger partial charge in [-0.1, -0.05) is 39.3 Å². The number of carbonyl (C=O) groups is 7. The Morgan fingerprint density at radius 3 is 2.19 bits per heavy atom. The summed E-state index contributed by atoms with van der Waals surface area (Å²) in [4.78, 5) is 89.5. The van der Waals surface area contributed by atoms with Gasteiger partial charge in [0.15, 0.2) is 0 Å². The lowest BCUT2D eigenvalue weighted by Gasteiger charge is -2.30. The summed E-state index contributed by atoms with van der Waals surface area (Å²) in [7, 11) is 0. The summed E-state index contributed by atoms with van der Waals surface area (Å²) in [6, 6.07) is -0.183. The second kappa shape index (κ2) is 18.5. The molecule has 48 heavy (non-hydrogen) atoms. The summed E-state index contributed by atoms with van der Waals surface area (Å²) >= 11 is 0. The molecule has 0 saturated carbocycles. The van der Waals surface area contributed by atoms with E-state index in [1.807, 2.05) is 0 Å². The molecule has 7 unspecified atom stereocenters. The average molecular weight is 678 g/mol. The van der Waals surface area contributed by atoms with Crippen molar-refractivity contribution in [1.29, 1.82) is 0 Å². The number of phenols is 1. The molecule has 6 amide bonds. The molecule has 17 nitrogen and oxygen atoms in total. The molecule has 2 rings (SSSR count). The number of primary amides is 1. The molecule has 0 aliphatic carbocycles. The van der Waals surface area contributed by atoms with Crippen molar-refractivity contribution < 1.29 is 48.9 Å². The van der Waals surface area contributed by atoms with Crippen LogP contribution in [0.4, 0.5) is 0 Å². The van der Waals surface area contributed by atoms with Gasteiger partial charge in [0.1, 0.15) is 29.9 Å². The van der Waals surface area contributed by atoms with E-state index in [-0.39, 0.29) is 37.5 Å².